The Morgan fingerprint density at radius 3 is 2.64 bits per heavy atom. The smallest absolute Gasteiger partial charge is 0.256 e. The minimum absolute atomic E-state index is 0.0666. The summed E-state index contributed by atoms with van der Waals surface area (Å²) in [5.41, 5.74) is 1.11. The van der Waals surface area contributed by atoms with Gasteiger partial charge in [0.25, 0.3) is 5.91 Å². The average molecular weight is 425 g/mol. The van der Waals surface area contributed by atoms with E-state index in [9.17, 15) is 17.6 Å². The maximum absolute atomic E-state index is 13.2. The molecular formula is C20H22ClFN2O3S. The summed E-state index contributed by atoms with van der Waals surface area (Å²) in [7, 11) is -3.69. The second kappa shape index (κ2) is 8.19. The molecule has 1 aliphatic heterocycles. The normalized spacial score (nSPS) is 18.1. The summed E-state index contributed by atoms with van der Waals surface area (Å²) < 4.78 is 40.8. The molecule has 5 nitrogen and oxygen atoms in total. The lowest BCUT2D eigenvalue weighted by Gasteiger charge is -2.32. The topological polar surface area (TPSA) is 66.5 Å². The van der Waals surface area contributed by atoms with Gasteiger partial charge in [0.15, 0.2) is 0 Å². The maximum Gasteiger partial charge on any atom is 0.256 e. The van der Waals surface area contributed by atoms with E-state index in [0.29, 0.717) is 12.1 Å². The molecule has 1 aliphatic rings. The van der Waals surface area contributed by atoms with Crippen LogP contribution in [-0.4, -0.2) is 31.2 Å². The number of rotatable bonds is 4. The van der Waals surface area contributed by atoms with Crippen LogP contribution in [0.25, 0.3) is 0 Å². The van der Waals surface area contributed by atoms with Crippen molar-refractivity contribution >= 4 is 33.2 Å². The van der Waals surface area contributed by atoms with Crippen molar-refractivity contribution in [3.63, 3.8) is 0 Å². The number of anilines is 1. The second-order valence-electron chi connectivity index (χ2n) is 7.02. The summed E-state index contributed by atoms with van der Waals surface area (Å²) in [4.78, 5) is 12.8. The van der Waals surface area contributed by atoms with Gasteiger partial charge in [0.1, 0.15) is 5.82 Å². The van der Waals surface area contributed by atoms with Crippen LogP contribution in [0.2, 0.25) is 5.02 Å². The van der Waals surface area contributed by atoms with Gasteiger partial charge in [0.05, 0.1) is 15.6 Å². The summed E-state index contributed by atoms with van der Waals surface area (Å²) in [5.74, 6) is -1.02. The lowest BCUT2D eigenvalue weighted by Crippen LogP contribution is -2.42. The lowest BCUT2D eigenvalue weighted by atomic mass is 10.1. The highest BCUT2D eigenvalue weighted by Crippen LogP contribution is 2.27. The Balaban J connectivity index is 1.91. The van der Waals surface area contributed by atoms with Crippen molar-refractivity contribution in [3.05, 3.63) is 58.4 Å². The van der Waals surface area contributed by atoms with Gasteiger partial charge in [0, 0.05) is 18.2 Å². The molecule has 1 amide bonds. The summed E-state index contributed by atoms with van der Waals surface area (Å²) >= 11 is 5.97. The number of piperidine rings is 1. The van der Waals surface area contributed by atoms with E-state index < -0.39 is 21.7 Å². The Morgan fingerprint density at radius 1 is 1.21 bits per heavy atom. The van der Waals surface area contributed by atoms with Crippen LogP contribution in [0.3, 0.4) is 0 Å². The molecule has 2 aromatic carbocycles. The maximum atomic E-state index is 13.2. The van der Waals surface area contributed by atoms with Crippen LogP contribution in [0.1, 0.15) is 42.1 Å². The predicted molar refractivity (Wildman–Crippen MR) is 108 cm³/mol. The zero-order valence-corrected chi connectivity index (χ0v) is 17.3. The Hall–Kier alpha value is -1.96. The molecular weight excluding hydrogens is 403 g/mol. The van der Waals surface area contributed by atoms with E-state index in [2.05, 4.69) is 5.32 Å². The monoisotopic (exact) mass is 424 g/mol. The van der Waals surface area contributed by atoms with Crippen LogP contribution in [0.15, 0.2) is 41.3 Å². The van der Waals surface area contributed by atoms with Crippen LogP contribution in [-0.2, 0) is 10.0 Å². The number of carbonyl (C=O) groups excluding carboxylic acids is 1. The van der Waals surface area contributed by atoms with Crippen molar-refractivity contribution in [1.29, 1.82) is 0 Å². The minimum Gasteiger partial charge on any atom is -0.321 e. The molecule has 0 aromatic heterocycles. The quantitative estimate of drug-likeness (QED) is 0.779. The highest BCUT2D eigenvalue weighted by molar-refractivity contribution is 7.89. The SMILES string of the molecule is Cc1ccc(S(=O)(=O)N2CCCCC2C)cc1C(=O)Nc1ccc(F)cc1Cl. The molecule has 1 unspecified atom stereocenters. The van der Waals surface area contributed by atoms with Gasteiger partial charge in [-0.1, -0.05) is 24.1 Å². The lowest BCUT2D eigenvalue weighted by molar-refractivity contribution is 0.102. The minimum atomic E-state index is -3.69. The van der Waals surface area contributed by atoms with Gasteiger partial charge < -0.3 is 5.32 Å². The van der Waals surface area contributed by atoms with Crippen LogP contribution in [0.4, 0.5) is 10.1 Å². The number of hydrogen-bond acceptors (Lipinski definition) is 3. The highest BCUT2D eigenvalue weighted by Gasteiger charge is 2.31. The summed E-state index contributed by atoms with van der Waals surface area (Å²) in [5, 5.41) is 2.68. The Kier molecular flexibility index (Phi) is 6.07. The molecule has 150 valence electrons. The number of amides is 1. The third kappa shape index (κ3) is 4.21. The Labute approximate surface area is 169 Å². The number of hydrogen-bond donors (Lipinski definition) is 1. The molecule has 1 atom stereocenters. The molecule has 2 aromatic rings. The van der Waals surface area contributed by atoms with E-state index in [1.807, 2.05) is 6.92 Å². The summed E-state index contributed by atoms with van der Waals surface area (Å²) in [6, 6.07) is 8.10. The summed E-state index contributed by atoms with van der Waals surface area (Å²) in [6.45, 7) is 4.10. The van der Waals surface area contributed by atoms with E-state index in [1.54, 1.807) is 13.0 Å². The van der Waals surface area contributed by atoms with Crippen LogP contribution in [0.5, 0.6) is 0 Å². The molecule has 1 N–H and O–H groups in total. The Morgan fingerprint density at radius 2 is 1.96 bits per heavy atom. The fraction of sp³-hybridized carbons (Fsp3) is 0.350. The van der Waals surface area contributed by atoms with Gasteiger partial charge in [-0.25, -0.2) is 12.8 Å². The third-order valence-corrected chi connectivity index (χ3v) is 7.30. The van der Waals surface area contributed by atoms with Crippen LogP contribution in [0, 0.1) is 12.7 Å². The van der Waals surface area contributed by atoms with E-state index in [4.69, 9.17) is 11.6 Å². The molecule has 0 spiro atoms. The first-order valence-corrected chi connectivity index (χ1v) is 10.9. The molecule has 0 radical (unpaired) electrons. The molecule has 8 heteroatoms. The molecule has 28 heavy (non-hydrogen) atoms. The van der Waals surface area contributed by atoms with Crippen molar-refractivity contribution in [1.82, 2.24) is 4.31 Å². The Bertz CT molecular complexity index is 1010. The molecule has 3 rings (SSSR count). The van der Waals surface area contributed by atoms with Crippen molar-refractivity contribution in [2.45, 2.75) is 44.0 Å². The van der Waals surface area contributed by atoms with Gasteiger partial charge in [-0.05, 0) is 62.6 Å². The molecule has 0 bridgehead atoms. The highest BCUT2D eigenvalue weighted by atomic mass is 35.5. The second-order valence-corrected chi connectivity index (χ2v) is 9.31. The number of nitrogens with one attached hydrogen (secondary N) is 1. The molecule has 1 fully saturated rings. The van der Waals surface area contributed by atoms with Gasteiger partial charge >= 0.3 is 0 Å². The predicted octanol–water partition coefficient (Wildman–Crippen LogP) is 4.60. The van der Waals surface area contributed by atoms with E-state index in [1.165, 1.54) is 28.6 Å². The molecule has 1 heterocycles. The first-order chi connectivity index (χ1) is 13.2. The first kappa shape index (κ1) is 20.8. The zero-order chi connectivity index (χ0) is 20.5. The summed E-state index contributed by atoms with van der Waals surface area (Å²) in [6.07, 6.45) is 2.65. The number of carbonyl (C=O) groups is 1. The van der Waals surface area contributed by atoms with Crippen molar-refractivity contribution < 1.29 is 17.6 Å². The molecule has 1 saturated heterocycles. The average Bonchev–Trinajstić information content (AvgIpc) is 2.64. The number of nitrogens with zero attached hydrogens (tertiary/aromatic N) is 1. The van der Waals surface area contributed by atoms with E-state index in [0.717, 1.165) is 25.3 Å². The van der Waals surface area contributed by atoms with E-state index in [-0.39, 0.29) is 27.2 Å². The van der Waals surface area contributed by atoms with Gasteiger partial charge in [-0.15, -0.1) is 0 Å². The molecule has 0 saturated carbocycles. The van der Waals surface area contributed by atoms with Crippen LogP contribution < -0.4 is 5.32 Å². The number of aryl methyl sites for hydroxylation is 1. The number of benzene rings is 2. The van der Waals surface area contributed by atoms with Crippen molar-refractivity contribution in [3.8, 4) is 0 Å². The van der Waals surface area contributed by atoms with Crippen molar-refractivity contribution in [2.24, 2.45) is 0 Å². The van der Waals surface area contributed by atoms with Crippen LogP contribution >= 0.6 is 11.6 Å². The number of sulfonamides is 1. The third-order valence-electron chi connectivity index (χ3n) is 4.98. The van der Waals surface area contributed by atoms with E-state index >= 15 is 0 Å². The molecule has 0 aliphatic carbocycles. The van der Waals surface area contributed by atoms with Crippen molar-refractivity contribution in [2.75, 3.05) is 11.9 Å². The number of halogens is 2. The zero-order valence-electron chi connectivity index (χ0n) is 15.7. The standard InChI is InChI=1S/C20H22ClFN2O3S/c1-13-6-8-16(28(26,27)24-10-4-3-5-14(24)2)12-17(13)20(25)23-19-9-7-15(22)11-18(19)21/h6-9,11-12,14H,3-5,10H2,1-2H3,(H,23,25). The van der Waals surface area contributed by atoms with Gasteiger partial charge in [-0.2, -0.15) is 4.31 Å². The first-order valence-electron chi connectivity index (χ1n) is 9.09. The fourth-order valence-electron chi connectivity index (χ4n) is 3.35. The van der Waals surface area contributed by atoms with Gasteiger partial charge in [0.2, 0.25) is 10.0 Å². The largest absolute Gasteiger partial charge is 0.321 e. The van der Waals surface area contributed by atoms with Gasteiger partial charge in [-0.3, -0.25) is 4.79 Å². The fourth-order valence-corrected chi connectivity index (χ4v) is 5.29.